The average Bonchev–Trinajstić information content (AvgIpc) is 2.15. The SMILES string of the molecule is C[C@H](O)[C@H](N)c1cc(O)ccc1[N+](=O)[O-]. The Balaban J connectivity index is 3.24. The molecular weight excluding hydrogens is 200 g/mol. The van der Waals surface area contributed by atoms with Crippen molar-refractivity contribution in [3.8, 4) is 5.75 Å². The van der Waals surface area contributed by atoms with Gasteiger partial charge in [0.1, 0.15) is 5.75 Å². The molecule has 4 N–H and O–H groups in total. The number of nitro benzene ring substituents is 1. The number of nitro groups is 1. The zero-order valence-corrected chi connectivity index (χ0v) is 8.12. The molecule has 0 saturated carbocycles. The van der Waals surface area contributed by atoms with Crippen LogP contribution in [-0.4, -0.2) is 21.2 Å². The lowest BCUT2D eigenvalue weighted by Gasteiger charge is -2.15. The first-order valence-corrected chi connectivity index (χ1v) is 4.34. The summed E-state index contributed by atoms with van der Waals surface area (Å²) in [6, 6.07) is 2.66. The van der Waals surface area contributed by atoms with E-state index in [4.69, 9.17) is 5.73 Å². The molecule has 82 valence electrons. The largest absolute Gasteiger partial charge is 0.508 e. The van der Waals surface area contributed by atoms with Gasteiger partial charge in [-0.3, -0.25) is 10.1 Å². The van der Waals surface area contributed by atoms with Crippen molar-refractivity contribution in [2.24, 2.45) is 5.73 Å². The molecule has 0 amide bonds. The highest BCUT2D eigenvalue weighted by molar-refractivity contribution is 5.46. The molecule has 0 aliphatic heterocycles. The van der Waals surface area contributed by atoms with Crippen LogP contribution in [0.2, 0.25) is 0 Å². The number of hydrogen-bond acceptors (Lipinski definition) is 5. The maximum absolute atomic E-state index is 10.6. The number of benzene rings is 1. The Morgan fingerprint density at radius 3 is 2.60 bits per heavy atom. The predicted octanol–water partition coefficient (Wildman–Crippen LogP) is 0.681. The minimum atomic E-state index is -0.925. The van der Waals surface area contributed by atoms with Crippen LogP contribution in [0.25, 0.3) is 0 Å². The Hall–Kier alpha value is -1.66. The van der Waals surface area contributed by atoms with Gasteiger partial charge in [-0.1, -0.05) is 0 Å². The maximum Gasteiger partial charge on any atom is 0.274 e. The normalized spacial score (nSPS) is 14.6. The minimum absolute atomic E-state index is 0.119. The average molecular weight is 212 g/mol. The molecule has 0 aromatic heterocycles. The molecule has 0 bridgehead atoms. The molecular formula is C9H12N2O4. The summed E-state index contributed by atoms with van der Waals surface area (Å²) < 4.78 is 0. The van der Waals surface area contributed by atoms with E-state index in [1.54, 1.807) is 0 Å². The van der Waals surface area contributed by atoms with Gasteiger partial charge in [-0.2, -0.15) is 0 Å². The zero-order valence-electron chi connectivity index (χ0n) is 8.12. The number of phenols is 1. The number of aliphatic hydroxyl groups is 1. The number of nitrogens with zero attached hydrogens (tertiary/aromatic N) is 1. The van der Waals surface area contributed by atoms with E-state index in [0.717, 1.165) is 6.07 Å². The third kappa shape index (κ3) is 2.42. The summed E-state index contributed by atoms with van der Waals surface area (Å²) in [7, 11) is 0. The quantitative estimate of drug-likeness (QED) is 0.504. The smallest absolute Gasteiger partial charge is 0.274 e. The molecule has 0 heterocycles. The van der Waals surface area contributed by atoms with E-state index in [0.29, 0.717) is 0 Å². The van der Waals surface area contributed by atoms with E-state index < -0.39 is 17.1 Å². The van der Waals surface area contributed by atoms with Crippen molar-refractivity contribution in [3.63, 3.8) is 0 Å². The fraction of sp³-hybridized carbons (Fsp3) is 0.333. The molecule has 1 aromatic rings. The number of aromatic hydroxyl groups is 1. The summed E-state index contributed by atoms with van der Waals surface area (Å²) in [5, 5.41) is 29.1. The highest BCUT2D eigenvalue weighted by Crippen LogP contribution is 2.29. The summed E-state index contributed by atoms with van der Waals surface area (Å²) in [6.07, 6.45) is -0.925. The van der Waals surface area contributed by atoms with Gasteiger partial charge in [0.05, 0.1) is 22.6 Å². The van der Waals surface area contributed by atoms with Gasteiger partial charge >= 0.3 is 0 Å². The van der Waals surface area contributed by atoms with Gasteiger partial charge in [0, 0.05) is 6.07 Å². The second kappa shape index (κ2) is 4.24. The number of nitrogens with two attached hydrogens (primary N) is 1. The molecule has 15 heavy (non-hydrogen) atoms. The van der Waals surface area contributed by atoms with Crippen molar-refractivity contribution in [1.82, 2.24) is 0 Å². The monoisotopic (exact) mass is 212 g/mol. The Morgan fingerprint density at radius 1 is 1.53 bits per heavy atom. The van der Waals surface area contributed by atoms with Crippen LogP contribution in [0.1, 0.15) is 18.5 Å². The van der Waals surface area contributed by atoms with Gasteiger partial charge in [-0.05, 0) is 19.1 Å². The van der Waals surface area contributed by atoms with Gasteiger partial charge < -0.3 is 15.9 Å². The molecule has 6 heteroatoms. The Labute approximate surface area is 86.1 Å². The predicted molar refractivity (Wildman–Crippen MR) is 53.4 cm³/mol. The van der Waals surface area contributed by atoms with Gasteiger partial charge in [0.15, 0.2) is 0 Å². The van der Waals surface area contributed by atoms with E-state index >= 15 is 0 Å². The van der Waals surface area contributed by atoms with Crippen molar-refractivity contribution in [3.05, 3.63) is 33.9 Å². The fourth-order valence-electron chi connectivity index (χ4n) is 1.24. The van der Waals surface area contributed by atoms with E-state index in [2.05, 4.69) is 0 Å². The van der Waals surface area contributed by atoms with Crippen molar-refractivity contribution < 1.29 is 15.1 Å². The second-order valence-corrected chi connectivity index (χ2v) is 3.27. The lowest BCUT2D eigenvalue weighted by Crippen LogP contribution is -2.24. The number of aliphatic hydroxyl groups excluding tert-OH is 1. The van der Waals surface area contributed by atoms with Crippen LogP contribution < -0.4 is 5.73 Å². The van der Waals surface area contributed by atoms with Gasteiger partial charge in [0.2, 0.25) is 0 Å². The van der Waals surface area contributed by atoms with E-state index in [1.165, 1.54) is 19.1 Å². The molecule has 0 unspecified atom stereocenters. The molecule has 0 spiro atoms. The van der Waals surface area contributed by atoms with Crippen LogP contribution in [0.3, 0.4) is 0 Å². The Morgan fingerprint density at radius 2 is 2.13 bits per heavy atom. The van der Waals surface area contributed by atoms with Crippen LogP contribution in [0.5, 0.6) is 5.75 Å². The van der Waals surface area contributed by atoms with Crippen molar-refractivity contribution in [2.75, 3.05) is 0 Å². The fourth-order valence-corrected chi connectivity index (χ4v) is 1.24. The van der Waals surface area contributed by atoms with Crippen molar-refractivity contribution in [1.29, 1.82) is 0 Å². The zero-order chi connectivity index (χ0) is 11.6. The minimum Gasteiger partial charge on any atom is -0.508 e. The lowest BCUT2D eigenvalue weighted by atomic mass is 10.0. The number of rotatable bonds is 3. The topological polar surface area (TPSA) is 110 Å². The van der Waals surface area contributed by atoms with Crippen LogP contribution in [0, 0.1) is 10.1 Å². The van der Waals surface area contributed by atoms with E-state index in [1.807, 2.05) is 0 Å². The first-order chi connectivity index (χ1) is 6.93. The van der Waals surface area contributed by atoms with Crippen LogP contribution in [0.4, 0.5) is 5.69 Å². The third-order valence-corrected chi connectivity index (χ3v) is 2.09. The summed E-state index contributed by atoms with van der Waals surface area (Å²) in [5.41, 5.74) is 5.49. The standard InChI is InChI=1S/C9H12N2O4/c1-5(12)9(10)7-4-6(13)2-3-8(7)11(14)15/h2-5,9,12-13H,10H2,1H3/t5-,9-/m0/s1. The van der Waals surface area contributed by atoms with Gasteiger partial charge in [-0.25, -0.2) is 0 Å². The summed E-state index contributed by atoms with van der Waals surface area (Å²) in [4.78, 5) is 10.0. The van der Waals surface area contributed by atoms with Crippen LogP contribution >= 0.6 is 0 Å². The van der Waals surface area contributed by atoms with E-state index in [-0.39, 0.29) is 17.0 Å². The molecule has 1 aromatic carbocycles. The van der Waals surface area contributed by atoms with Crippen molar-refractivity contribution >= 4 is 5.69 Å². The molecule has 0 aliphatic rings. The Bertz CT molecular complexity index is 378. The maximum atomic E-state index is 10.6. The van der Waals surface area contributed by atoms with Gasteiger partial charge in [0.25, 0.3) is 5.69 Å². The van der Waals surface area contributed by atoms with Crippen LogP contribution in [-0.2, 0) is 0 Å². The molecule has 0 radical (unpaired) electrons. The third-order valence-electron chi connectivity index (χ3n) is 2.09. The molecule has 6 nitrogen and oxygen atoms in total. The first-order valence-electron chi connectivity index (χ1n) is 4.34. The molecule has 2 atom stereocenters. The molecule has 0 aliphatic carbocycles. The summed E-state index contributed by atoms with van der Waals surface area (Å²) in [6.45, 7) is 1.43. The van der Waals surface area contributed by atoms with E-state index in [9.17, 15) is 20.3 Å². The highest BCUT2D eigenvalue weighted by atomic mass is 16.6. The van der Waals surface area contributed by atoms with Gasteiger partial charge in [-0.15, -0.1) is 0 Å². The number of phenolic OH excluding ortho intramolecular Hbond substituents is 1. The Kier molecular flexibility index (Phi) is 3.23. The first kappa shape index (κ1) is 11.4. The number of hydrogen-bond donors (Lipinski definition) is 3. The molecule has 0 fully saturated rings. The summed E-state index contributed by atoms with van der Waals surface area (Å²) in [5.74, 6) is -0.119. The van der Waals surface area contributed by atoms with Crippen LogP contribution in [0.15, 0.2) is 18.2 Å². The lowest BCUT2D eigenvalue weighted by molar-refractivity contribution is -0.385. The second-order valence-electron chi connectivity index (χ2n) is 3.27. The molecule has 0 saturated heterocycles. The van der Waals surface area contributed by atoms with Crippen molar-refractivity contribution in [2.45, 2.75) is 19.1 Å². The summed E-state index contributed by atoms with van der Waals surface area (Å²) >= 11 is 0. The highest BCUT2D eigenvalue weighted by Gasteiger charge is 2.22. The molecule has 1 rings (SSSR count).